The van der Waals surface area contributed by atoms with Gasteiger partial charge >= 0.3 is 0 Å². The van der Waals surface area contributed by atoms with Crippen LogP contribution in [0.3, 0.4) is 0 Å². The number of fused-ring (bicyclic) bond motifs is 1. The Morgan fingerprint density at radius 2 is 1.52 bits per heavy atom. The van der Waals surface area contributed by atoms with E-state index < -0.39 is 38.0 Å². The maximum Gasteiger partial charge on any atom is 0.279 e. The van der Waals surface area contributed by atoms with Gasteiger partial charge in [0.25, 0.3) is 26.0 Å². The summed E-state index contributed by atoms with van der Waals surface area (Å²) < 4.78 is 71.4. The minimum absolute atomic E-state index is 0.0132. The van der Waals surface area contributed by atoms with Crippen molar-refractivity contribution in [3.63, 3.8) is 0 Å². The van der Waals surface area contributed by atoms with Crippen molar-refractivity contribution in [1.82, 2.24) is 14.6 Å². The van der Waals surface area contributed by atoms with Crippen molar-refractivity contribution < 1.29 is 40.6 Å². The summed E-state index contributed by atoms with van der Waals surface area (Å²) >= 11 is 0. The third kappa shape index (κ3) is 7.49. The summed E-state index contributed by atoms with van der Waals surface area (Å²) in [7, 11) is -7.11. The summed E-state index contributed by atoms with van der Waals surface area (Å²) in [6.07, 6.45) is -0.506. The number of hydrogen-bond acceptors (Lipinski definition) is 9. The van der Waals surface area contributed by atoms with E-state index in [9.17, 15) is 26.4 Å². The normalized spacial score (nSPS) is 13.4. The summed E-state index contributed by atoms with van der Waals surface area (Å²) in [5.41, 5.74) is 1.67. The van der Waals surface area contributed by atoms with Crippen molar-refractivity contribution in [3.8, 4) is 17.2 Å². The van der Waals surface area contributed by atoms with E-state index in [2.05, 4.69) is 9.55 Å². The molecule has 2 N–H and O–H groups in total. The van der Waals surface area contributed by atoms with Gasteiger partial charge in [0, 0.05) is 19.5 Å². The van der Waals surface area contributed by atoms with Gasteiger partial charge in [0.15, 0.2) is 11.5 Å². The molecule has 3 aromatic rings. The van der Waals surface area contributed by atoms with Crippen LogP contribution in [0.15, 0.2) is 70.5 Å². The highest BCUT2D eigenvalue weighted by Crippen LogP contribution is 2.36. The number of aryl methyl sites for hydroxylation is 1. The minimum atomic E-state index is -4.28. The molecule has 3 aromatic carbocycles. The number of carbonyl (C=O) groups is 2. The van der Waals surface area contributed by atoms with E-state index in [1.165, 1.54) is 50.4 Å². The van der Waals surface area contributed by atoms with Gasteiger partial charge in [-0.3, -0.25) is 14.6 Å². The number of benzene rings is 3. The second-order valence-corrected chi connectivity index (χ2v) is 13.8. The Kier molecular flexibility index (Phi) is 9.86. The summed E-state index contributed by atoms with van der Waals surface area (Å²) in [6, 6.07) is 14.9. The molecule has 1 aliphatic rings. The number of nitrogens with zero attached hydrogens (tertiary/aromatic N) is 1. The SMILES string of the molecule is CCCc1cc(S(=O)(=O)NN(C)C(C)=O)ccc1OC(C(=O)NS(=O)(=O)c1ccc(C(C)C)cc1)c1ccc2c(c1)OCO2. The number of nitrogens with one attached hydrogen (secondary N) is 2. The van der Waals surface area contributed by atoms with Gasteiger partial charge < -0.3 is 14.2 Å². The van der Waals surface area contributed by atoms with Crippen LogP contribution in [0.5, 0.6) is 17.2 Å². The molecule has 1 aliphatic heterocycles. The van der Waals surface area contributed by atoms with Crippen LogP contribution in [-0.2, 0) is 36.1 Å². The van der Waals surface area contributed by atoms with Gasteiger partial charge in [-0.2, -0.15) is 0 Å². The van der Waals surface area contributed by atoms with Crippen LogP contribution in [0.1, 0.15) is 62.8 Å². The van der Waals surface area contributed by atoms with Crippen LogP contribution in [-0.4, -0.2) is 47.5 Å². The van der Waals surface area contributed by atoms with Gasteiger partial charge in [-0.25, -0.2) is 21.6 Å². The quantitative estimate of drug-likeness (QED) is 0.280. The van der Waals surface area contributed by atoms with Crippen molar-refractivity contribution in [1.29, 1.82) is 0 Å². The maximum atomic E-state index is 13.7. The van der Waals surface area contributed by atoms with Crippen molar-refractivity contribution in [2.75, 3.05) is 13.8 Å². The molecule has 236 valence electrons. The lowest BCUT2D eigenvalue weighted by atomic mass is 10.0. The van der Waals surface area contributed by atoms with Gasteiger partial charge in [0.1, 0.15) is 5.75 Å². The highest BCUT2D eigenvalue weighted by Gasteiger charge is 2.31. The largest absolute Gasteiger partial charge is 0.475 e. The van der Waals surface area contributed by atoms with Crippen LogP contribution in [0, 0.1) is 0 Å². The van der Waals surface area contributed by atoms with Crippen molar-refractivity contribution >= 4 is 31.9 Å². The number of rotatable bonds is 12. The molecule has 0 saturated heterocycles. The molecule has 0 saturated carbocycles. The molecule has 0 aromatic heterocycles. The van der Waals surface area contributed by atoms with E-state index in [0.29, 0.717) is 29.9 Å². The molecule has 0 aliphatic carbocycles. The Morgan fingerprint density at radius 1 is 0.886 bits per heavy atom. The molecule has 1 unspecified atom stereocenters. The number of sulfonamides is 2. The zero-order chi connectivity index (χ0) is 32.2. The lowest BCUT2D eigenvalue weighted by Gasteiger charge is -2.22. The van der Waals surface area contributed by atoms with Crippen LogP contribution in [0.2, 0.25) is 0 Å². The number of amides is 2. The maximum absolute atomic E-state index is 13.7. The fourth-order valence-corrected chi connectivity index (χ4v) is 6.48. The van der Waals surface area contributed by atoms with E-state index >= 15 is 0 Å². The van der Waals surface area contributed by atoms with Crippen molar-refractivity contribution in [2.24, 2.45) is 0 Å². The summed E-state index contributed by atoms with van der Waals surface area (Å²) in [5.74, 6) is -0.315. The molecule has 2 amide bonds. The van der Waals surface area contributed by atoms with E-state index in [4.69, 9.17) is 14.2 Å². The Balaban J connectivity index is 1.70. The van der Waals surface area contributed by atoms with Crippen LogP contribution in [0.25, 0.3) is 0 Å². The molecule has 12 nitrogen and oxygen atoms in total. The van der Waals surface area contributed by atoms with Crippen LogP contribution in [0.4, 0.5) is 0 Å². The molecule has 4 rings (SSSR count). The highest BCUT2D eigenvalue weighted by atomic mass is 32.2. The molecule has 0 radical (unpaired) electrons. The average Bonchev–Trinajstić information content (AvgIpc) is 3.44. The zero-order valence-electron chi connectivity index (χ0n) is 25.0. The third-order valence-corrected chi connectivity index (χ3v) is 9.62. The van der Waals surface area contributed by atoms with Gasteiger partial charge in [0.05, 0.1) is 9.79 Å². The minimum Gasteiger partial charge on any atom is -0.475 e. The molecular formula is C30H35N3O9S2. The molecular weight excluding hydrogens is 610 g/mol. The number of hydrazine groups is 1. The fraction of sp³-hybridized carbons (Fsp3) is 0.333. The molecule has 0 fully saturated rings. The first kappa shape index (κ1) is 32.8. The Morgan fingerprint density at radius 3 is 2.16 bits per heavy atom. The highest BCUT2D eigenvalue weighted by molar-refractivity contribution is 7.90. The predicted octanol–water partition coefficient (Wildman–Crippen LogP) is 3.79. The molecule has 0 spiro atoms. The molecule has 44 heavy (non-hydrogen) atoms. The molecule has 0 bridgehead atoms. The van der Waals surface area contributed by atoms with E-state index in [1.807, 2.05) is 20.8 Å². The Hall–Kier alpha value is -4.14. The summed E-state index contributed by atoms with van der Waals surface area (Å²) in [5, 5.41) is 0.843. The van der Waals surface area contributed by atoms with Gasteiger partial charge in [0.2, 0.25) is 18.8 Å². The second kappa shape index (κ2) is 13.2. The van der Waals surface area contributed by atoms with Gasteiger partial charge in [-0.15, -0.1) is 4.83 Å². The first-order chi connectivity index (χ1) is 20.7. The predicted molar refractivity (Wildman–Crippen MR) is 161 cm³/mol. The Bertz CT molecular complexity index is 1760. The molecule has 14 heteroatoms. The Labute approximate surface area is 257 Å². The van der Waals surface area contributed by atoms with Crippen molar-refractivity contribution in [3.05, 3.63) is 77.4 Å². The standard InChI is InChI=1S/C30H35N3O9S2/c1-6-7-22-16-25(44(38,39)32-33(5)20(4)34)13-15-26(22)42-29(23-10-14-27-28(17-23)41-18-40-27)30(35)31-43(36,37)24-11-8-21(9-12-24)19(2)3/h8-17,19,29,32H,6-7,18H2,1-5H3,(H,31,35). The lowest BCUT2D eigenvalue weighted by molar-refractivity contribution is -0.129. The van der Waals surface area contributed by atoms with Crippen LogP contribution >= 0.6 is 0 Å². The second-order valence-electron chi connectivity index (χ2n) is 10.5. The van der Waals surface area contributed by atoms with E-state index in [0.717, 1.165) is 10.6 Å². The number of carbonyl (C=O) groups excluding carboxylic acids is 2. The van der Waals surface area contributed by atoms with Gasteiger partial charge in [-0.1, -0.05) is 45.4 Å². The first-order valence-electron chi connectivity index (χ1n) is 13.8. The number of ether oxygens (including phenoxy) is 3. The summed E-state index contributed by atoms with van der Waals surface area (Å²) in [4.78, 5) is 27.2. The summed E-state index contributed by atoms with van der Waals surface area (Å²) in [6.45, 7) is 7.04. The molecule has 1 atom stereocenters. The van der Waals surface area contributed by atoms with E-state index in [1.54, 1.807) is 24.3 Å². The molecule has 1 heterocycles. The topological polar surface area (TPSA) is 157 Å². The third-order valence-electron chi connectivity index (χ3n) is 6.87. The van der Waals surface area contributed by atoms with Crippen LogP contribution < -0.4 is 23.8 Å². The van der Waals surface area contributed by atoms with Gasteiger partial charge in [-0.05, 0) is 65.9 Å². The first-order valence-corrected chi connectivity index (χ1v) is 16.8. The lowest BCUT2D eigenvalue weighted by Crippen LogP contribution is -2.42. The zero-order valence-corrected chi connectivity index (χ0v) is 26.6. The monoisotopic (exact) mass is 645 g/mol. The van der Waals surface area contributed by atoms with Crippen molar-refractivity contribution in [2.45, 2.75) is 62.3 Å². The average molecular weight is 646 g/mol. The smallest absolute Gasteiger partial charge is 0.279 e. The number of hydrogen-bond donors (Lipinski definition) is 2. The van der Waals surface area contributed by atoms with E-state index in [-0.39, 0.29) is 33.8 Å². The fourth-order valence-electron chi connectivity index (χ4n) is 4.35.